The lowest BCUT2D eigenvalue weighted by Crippen LogP contribution is -2.40. The fraction of sp³-hybridized carbons (Fsp3) is 0.765. The van der Waals surface area contributed by atoms with Crippen molar-refractivity contribution < 1.29 is 14.7 Å². The fourth-order valence-electron chi connectivity index (χ4n) is 3.75. The molecule has 0 spiro atoms. The Hall–Kier alpha value is -1.32. The Bertz CT molecular complexity index is 405. The number of unbranched alkanes of at least 4 members (excludes halogenated alkanes) is 5. The smallest absolute Gasteiger partial charge is 0.307 e. The Morgan fingerprint density at radius 1 is 1.05 bits per heavy atom. The van der Waals surface area contributed by atoms with Crippen LogP contribution < -0.4 is 5.32 Å². The highest BCUT2D eigenvalue weighted by Gasteiger charge is 2.51. The molecule has 1 amide bonds. The Morgan fingerprint density at radius 3 is 2.33 bits per heavy atom. The van der Waals surface area contributed by atoms with Gasteiger partial charge in [-0.3, -0.25) is 9.59 Å². The van der Waals surface area contributed by atoms with E-state index in [1.807, 2.05) is 12.2 Å². The molecule has 0 saturated heterocycles. The number of allylic oxidation sites excluding steroid dienone is 2. The topological polar surface area (TPSA) is 66.4 Å². The van der Waals surface area contributed by atoms with Gasteiger partial charge >= 0.3 is 5.97 Å². The SMILES string of the molecule is CCCCCCCCNC(=O)[C@@H]1[C@@H](C(=O)O)[C@H]2C=C[C@@H]1C2. The zero-order chi connectivity index (χ0) is 15.2. The van der Waals surface area contributed by atoms with Gasteiger partial charge in [-0.15, -0.1) is 0 Å². The Morgan fingerprint density at radius 2 is 1.67 bits per heavy atom. The van der Waals surface area contributed by atoms with Gasteiger partial charge in [0, 0.05) is 6.54 Å². The fourth-order valence-corrected chi connectivity index (χ4v) is 3.75. The predicted molar refractivity (Wildman–Crippen MR) is 81.7 cm³/mol. The van der Waals surface area contributed by atoms with Crippen LogP contribution in [0.4, 0.5) is 0 Å². The molecule has 2 N–H and O–H groups in total. The van der Waals surface area contributed by atoms with E-state index in [2.05, 4.69) is 12.2 Å². The van der Waals surface area contributed by atoms with Crippen molar-refractivity contribution in [3.05, 3.63) is 12.2 Å². The molecule has 0 aromatic rings. The van der Waals surface area contributed by atoms with E-state index >= 15 is 0 Å². The minimum Gasteiger partial charge on any atom is -0.481 e. The molecular formula is C17H27NO3. The molecule has 21 heavy (non-hydrogen) atoms. The van der Waals surface area contributed by atoms with Gasteiger partial charge in [-0.2, -0.15) is 0 Å². The number of carbonyl (C=O) groups is 2. The molecule has 0 radical (unpaired) electrons. The lowest BCUT2D eigenvalue weighted by Gasteiger charge is -2.23. The highest BCUT2D eigenvalue weighted by atomic mass is 16.4. The molecular weight excluding hydrogens is 266 g/mol. The van der Waals surface area contributed by atoms with E-state index in [9.17, 15) is 14.7 Å². The first-order chi connectivity index (χ1) is 10.1. The van der Waals surface area contributed by atoms with Crippen molar-refractivity contribution >= 4 is 11.9 Å². The third-order valence-corrected chi connectivity index (χ3v) is 4.88. The average molecular weight is 293 g/mol. The molecule has 0 aromatic heterocycles. The normalized spacial score (nSPS) is 29.8. The maximum Gasteiger partial charge on any atom is 0.307 e. The van der Waals surface area contributed by atoms with Gasteiger partial charge in [0.1, 0.15) is 0 Å². The number of rotatable bonds is 9. The van der Waals surface area contributed by atoms with E-state index in [1.165, 1.54) is 25.7 Å². The molecule has 1 fully saturated rings. The zero-order valence-electron chi connectivity index (χ0n) is 12.9. The van der Waals surface area contributed by atoms with Gasteiger partial charge in [0.2, 0.25) is 5.91 Å². The molecule has 118 valence electrons. The minimum atomic E-state index is -0.827. The third-order valence-electron chi connectivity index (χ3n) is 4.88. The molecule has 0 aliphatic heterocycles. The summed E-state index contributed by atoms with van der Waals surface area (Å²) in [6, 6.07) is 0. The number of aliphatic carboxylic acids is 1. The van der Waals surface area contributed by atoms with Crippen LogP contribution in [0.5, 0.6) is 0 Å². The van der Waals surface area contributed by atoms with Gasteiger partial charge in [-0.25, -0.2) is 0 Å². The van der Waals surface area contributed by atoms with Crippen LogP contribution >= 0.6 is 0 Å². The second kappa shape index (κ2) is 7.62. The lowest BCUT2D eigenvalue weighted by atomic mass is 9.82. The highest BCUT2D eigenvalue weighted by molar-refractivity contribution is 5.86. The number of carboxylic acid groups (broad SMARTS) is 1. The van der Waals surface area contributed by atoms with E-state index < -0.39 is 11.9 Å². The van der Waals surface area contributed by atoms with E-state index in [0.717, 1.165) is 19.3 Å². The maximum atomic E-state index is 12.3. The second-order valence-corrected chi connectivity index (χ2v) is 6.40. The minimum absolute atomic E-state index is 0.0530. The molecule has 2 bridgehead atoms. The van der Waals surface area contributed by atoms with E-state index in [4.69, 9.17) is 0 Å². The van der Waals surface area contributed by atoms with Crippen LogP contribution in [0.1, 0.15) is 51.9 Å². The number of carbonyl (C=O) groups excluding carboxylic acids is 1. The van der Waals surface area contributed by atoms with Crippen LogP contribution in [0.25, 0.3) is 0 Å². The molecule has 0 aromatic carbocycles. The number of nitrogens with one attached hydrogen (secondary N) is 1. The molecule has 0 unspecified atom stereocenters. The van der Waals surface area contributed by atoms with Crippen molar-refractivity contribution in [3.8, 4) is 0 Å². The van der Waals surface area contributed by atoms with Gasteiger partial charge in [0.15, 0.2) is 0 Å². The van der Waals surface area contributed by atoms with E-state index in [1.54, 1.807) is 0 Å². The van der Waals surface area contributed by atoms with Gasteiger partial charge in [0.05, 0.1) is 11.8 Å². The summed E-state index contributed by atoms with van der Waals surface area (Å²) in [6.07, 6.45) is 12.0. The maximum absolute atomic E-state index is 12.3. The first kappa shape index (κ1) is 16.1. The first-order valence-electron chi connectivity index (χ1n) is 8.34. The number of amides is 1. The summed E-state index contributed by atoms with van der Waals surface area (Å²) in [4.78, 5) is 23.6. The van der Waals surface area contributed by atoms with Crippen molar-refractivity contribution in [3.63, 3.8) is 0 Å². The Balaban J connectivity index is 1.71. The molecule has 2 aliphatic rings. The largest absolute Gasteiger partial charge is 0.481 e. The lowest BCUT2D eigenvalue weighted by molar-refractivity contribution is -0.147. The molecule has 2 aliphatic carbocycles. The van der Waals surface area contributed by atoms with Crippen LogP contribution in [0.2, 0.25) is 0 Å². The van der Waals surface area contributed by atoms with E-state index in [-0.39, 0.29) is 23.7 Å². The quantitative estimate of drug-likeness (QED) is 0.507. The number of fused-ring (bicyclic) bond motifs is 2. The average Bonchev–Trinajstić information content (AvgIpc) is 3.06. The summed E-state index contributed by atoms with van der Waals surface area (Å²) < 4.78 is 0. The summed E-state index contributed by atoms with van der Waals surface area (Å²) in [6.45, 7) is 2.87. The molecule has 0 heterocycles. The van der Waals surface area contributed by atoms with Crippen molar-refractivity contribution in [1.29, 1.82) is 0 Å². The summed E-state index contributed by atoms with van der Waals surface area (Å²) in [7, 11) is 0. The van der Waals surface area contributed by atoms with Crippen LogP contribution in [0, 0.1) is 23.7 Å². The van der Waals surface area contributed by atoms with Crippen LogP contribution in [-0.4, -0.2) is 23.5 Å². The predicted octanol–water partition coefficient (Wildman–Crippen LogP) is 2.99. The van der Waals surface area contributed by atoms with Gasteiger partial charge in [-0.1, -0.05) is 51.2 Å². The van der Waals surface area contributed by atoms with Crippen LogP contribution in [0.15, 0.2) is 12.2 Å². The summed E-state index contributed by atoms with van der Waals surface area (Å²) in [5, 5.41) is 12.3. The van der Waals surface area contributed by atoms with Gasteiger partial charge in [0.25, 0.3) is 0 Å². The first-order valence-corrected chi connectivity index (χ1v) is 8.34. The summed E-state index contributed by atoms with van der Waals surface area (Å²) >= 11 is 0. The zero-order valence-corrected chi connectivity index (χ0v) is 12.9. The van der Waals surface area contributed by atoms with Crippen LogP contribution in [0.3, 0.4) is 0 Å². The molecule has 1 saturated carbocycles. The Labute approximate surface area is 127 Å². The Kier molecular flexibility index (Phi) is 5.83. The van der Waals surface area contributed by atoms with Crippen molar-refractivity contribution in [2.75, 3.05) is 6.54 Å². The van der Waals surface area contributed by atoms with Gasteiger partial charge < -0.3 is 10.4 Å². The molecule has 4 nitrogen and oxygen atoms in total. The van der Waals surface area contributed by atoms with Crippen molar-refractivity contribution in [2.24, 2.45) is 23.7 Å². The van der Waals surface area contributed by atoms with Gasteiger partial charge in [-0.05, 0) is 24.7 Å². The molecule has 2 rings (SSSR count). The van der Waals surface area contributed by atoms with Crippen LogP contribution in [-0.2, 0) is 9.59 Å². The standard InChI is InChI=1S/C17H27NO3/c1-2-3-4-5-6-7-10-18-16(19)14-12-8-9-13(11-12)15(14)17(20)21/h8-9,12-15H,2-7,10-11H2,1H3,(H,18,19)(H,20,21)/t12-,13+,14+,15+/m1/s1. The summed E-state index contributed by atoms with van der Waals surface area (Å²) in [5.41, 5.74) is 0. The molecule has 4 heteroatoms. The highest BCUT2D eigenvalue weighted by Crippen LogP contribution is 2.48. The van der Waals surface area contributed by atoms with E-state index in [0.29, 0.717) is 6.54 Å². The number of hydrogen-bond acceptors (Lipinski definition) is 2. The number of carboxylic acids is 1. The van der Waals surface area contributed by atoms with Crippen molar-refractivity contribution in [1.82, 2.24) is 5.32 Å². The van der Waals surface area contributed by atoms with Crippen molar-refractivity contribution in [2.45, 2.75) is 51.9 Å². The third kappa shape index (κ3) is 3.86. The molecule has 4 atom stereocenters. The number of hydrogen-bond donors (Lipinski definition) is 2. The summed E-state index contributed by atoms with van der Waals surface area (Å²) in [5.74, 6) is -1.60. The second-order valence-electron chi connectivity index (χ2n) is 6.40. The monoisotopic (exact) mass is 293 g/mol.